The first kappa shape index (κ1) is 13.7. The molecular weight excluding hydrogens is 296 g/mol. The second-order valence-corrected chi connectivity index (χ2v) is 6.89. The Morgan fingerprint density at radius 2 is 2.14 bits per heavy atom. The van der Waals surface area contributed by atoms with E-state index in [9.17, 15) is 4.79 Å². The number of rotatable bonds is 6. The number of thiazole rings is 1. The van der Waals surface area contributed by atoms with Crippen LogP contribution in [0.25, 0.3) is 0 Å². The van der Waals surface area contributed by atoms with Gasteiger partial charge in [-0.1, -0.05) is 0 Å². The SMILES string of the molecule is O=C(Nc1ccc(NCc2csc(C3CC3)n2)cn1)C1CC1. The second kappa shape index (κ2) is 5.68. The summed E-state index contributed by atoms with van der Waals surface area (Å²) in [6, 6.07) is 3.77. The quantitative estimate of drug-likeness (QED) is 0.858. The van der Waals surface area contributed by atoms with Crippen LogP contribution in [0.5, 0.6) is 0 Å². The first-order chi connectivity index (χ1) is 10.8. The Morgan fingerprint density at radius 1 is 1.27 bits per heavy atom. The molecule has 2 saturated carbocycles. The van der Waals surface area contributed by atoms with Gasteiger partial charge in [0.2, 0.25) is 5.91 Å². The third-order valence-electron chi connectivity index (χ3n) is 3.93. The number of anilines is 2. The molecule has 5 nitrogen and oxygen atoms in total. The van der Waals surface area contributed by atoms with Gasteiger partial charge in [0.05, 0.1) is 29.1 Å². The highest BCUT2D eigenvalue weighted by Crippen LogP contribution is 2.41. The van der Waals surface area contributed by atoms with Gasteiger partial charge in [-0.25, -0.2) is 9.97 Å². The molecule has 114 valence electrons. The number of hydrogen-bond acceptors (Lipinski definition) is 5. The van der Waals surface area contributed by atoms with E-state index in [4.69, 9.17) is 0 Å². The minimum atomic E-state index is 0.0864. The molecule has 2 aromatic heterocycles. The van der Waals surface area contributed by atoms with Crippen LogP contribution < -0.4 is 10.6 Å². The lowest BCUT2D eigenvalue weighted by molar-refractivity contribution is -0.117. The molecule has 6 heteroatoms. The van der Waals surface area contributed by atoms with E-state index in [2.05, 4.69) is 26.0 Å². The number of aromatic nitrogens is 2. The summed E-state index contributed by atoms with van der Waals surface area (Å²) in [5.74, 6) is 1.62. The molecule has 2 aliphatic carbocycles. The summed E-state index contributed by atoms with van der Waals surface area (Å²) in [5.41, 5.74) is 2.02. The summed E-state index contributed by atoms with van der Waals surface area (Å²) < 4.78 is 0. The fraction of sp³-hybridized carbons (Fsp3) is 0.438. The molecule has 2 aromatic rings. The summed E-state index contributed by atoms with van der Waals surface area (Å²) in [6.45, 7) is 0.707. The highest BCUT2D eigenvalue weighted by Gasteiger charge is 2.29. The fourth-order valence-electron chi connectivity index (χ4n) is 2.26. The molecule has 1 amide bonds. The molecule has 0 saturated heterocycles. The maximum Gasteiger partial charge on any atom is 0.228 e. The van der Waals surface area contributed by atoms with Crippen molar-refractivity contribution in [1.29, 1.82) is 0 Å². The number of carbonyl (C=O) groups is 1. The van der Waals surface area contributed by atoms with Gasteiger partial charge in [0, 0.05) is 17.2 Å². The number of hydrogen-bond donors (Lipinski definition) is 2. The van der Waals surface area contributed by atoms with Gasteiger partial charge >= 0.3 is 0 Å². The van der Waals surface area contributed by atoms with Gasteiger partial charge in [-0.05, 0) is 37.8 Å². The Morgan fingerprint density at radius 3 is 2.82 bits per heavy atom. The largest absolute Gasteiger partial charge is 0.378 e. The first-order valence-corrected chi connectivity index (χ1v) is 8.61. The van der Waals surface area contributed by atoms with Crippen LogP contribution in [0.3, 0.4) is 0 Å². The maximum absolute atomic E-state index is 11.7. The van der Waals surface area contributed by atoms with Crippen molar-refractivity contribution >= 4 is 28.7 Å². The Bertz CT molecular complexity index is 674. The second-order valence-electron chi connectivity index (χ2n) is 6.00. The zero-order chi connectivity index (χ0) is 14.9. The van der Waals surface area contributed by atoms with E-state index in [-0.39, 0.29) is 11.8 Å². The fourth-order valence-corrected chi connectivity index (χ4v) is 3.25. The lowest BCUT2D eigenvalue weighted by Gasteiger charge is -2.06. The summed E-state index contributed by atoms with van der Waals surface area (Å²) >= 11 is 1.76. The number of nitrogens with zero attached hydrogens (tertiary/aromatic N) is 2. The monoisotopic (exact) mass is 314 g/mol. The third-order valence-corrected chi connectivity index (χ3v) is 4.99. The average Bonchev–Trinajstić information content (AvgIpc) is 3.44. The predicted octanol–water partition coefficient (Wildman–Crippen LogP) is 3.38. The van der Waals surface area contributed by atoms with Crippen molar-refractivity contribution in [2.24, 2.45) is 5.92 Å². The number of carbonyl (C=O) groups excluding carboxylic acids is 1. The van der Waals surface area contributed by atoms with Crippen molar-refractivity contribution in [1.82, 2.24) is 9.97 Å². The molecule has 0 unspecified atom stereocenters. The van der Waals surface area contributed by atoms with Crippen LogP contribution in [0, 0.1) is 5.92 Å². The van der Waals surface area contributed by atoms with Crippen molar-refractivity contribution in [3.05, 3.63) is 34.4 Å². The normalized spacial score (nSPS) is 17.3. The van der Waals surface area contributed by atoms with Gasteiger partial charge in [-0.3, -0.25) is 4.79 Å². The zero-order valence-electron chi connectivity index (χ0n) is 12.2. The Balaban J connectivity index is 1.31. The maximum atomic E-state index is 11.7. The van der Waals surface area contributed by atoms with Gasteiger partial charge in [-0.15, -0.1) is 11.3 Å². The summed E-state index contributed by atoms with van der Waals surface area (Å²) in [6.07, 6.45) is 6.33. The standard InChI is InChI=1S/C16H18N4OS/c21-15(10-1-2-10)20-14-6-5-12(7-18-14)17-8-13-9-22-16(19-13)11-3-4-11/h5-7,9-11,17H,1-4,8H2,(H,18,20,21). The lowest BCUT2D eigenvalue weighted by atomic mass is 10.3. The average molecular weight is 314 g/mol. The molecular formula is C16H18N4OS. The van der Waals surface area contributed by atoms with Gasteiger partial charge in [0.1, 0.15) is 5.82 Å². The minimum absolute atomic E-state index is 0.0864. The topological polar surface area (TPSA) is 66.9 Å². The van der Waals surface area contributed by atoms with Crippen LogP contribution in [0.4, 0.5) is 11.5 Å². The molecule has 22 heavy (non-hydrogen) atoms. The van der Waals surface area contributed by atoms with Gasteiger partial charge in [-0.2, -0.15) is 0 Å². The summed E-state index contributed by atoms with van der Waals surface area (Å²) in [7, 11) is 0. The van der Waals surface area contributed by atoms with E-state index in [1.165, 1.54) is 17.8 Å². The van der Waals surface area contributed by atoms with Crippen LogP contribution in [0.2, 0.25) is 0 Å². The van der Waals surface area contributed by atoms with Crippen molar-refractivity contribution < 1.29 is 4.79 Å². The van der Waals surface area contributed by atoms with Crippen LogP contribution in [-0.4, -0.2) is 15.9 Å². The van der Waals surface area contributed by atoms with E-state index in [1.54, 1.807) is 17.5 Å². The highest BCUT2D eigenvalue weighted by molar-refractivity contribution is 7.09. The molecule has 2 fully saturated rings. The minimum Gasteiger partial charge on any atom is -0.378 e. The van der Waals surface area contributed by atoms with Gasteiger partial charge < -0.3 is 10.6 Å². The van der Waals surface area contributed by atoms with E-state index < -0.39 is 0 Å². The van der Waals surface area contributed by atoms with E-state index in [0.29, 0.717) is 12.4 Å². The van der Waals surface area contributed by atoms with Crippen molar-refractivity contribution in [3.63, 3.8) is 0 Å². The van der Waals surface area contributed by atoms with Crippen molar-refractivity contribution in [2.75, 3.05) is 10.6 Å². The molecule has 0 radical (unpaired) electrons. The van der Waals surface area contributed by atoms with E-state index >= 15 is 0 Å². The molecule has 2 heterocycles. The molecule has 0 aliphatic heterocycles. The molecule has 0 aromatic carbocycles. The lowest BCUT2D eigenvalue weighted by Crippen LogP contribution is -2.14. The summed E-state index contributed by atoms with van der Waals surface area (Å²) in [5, 5.41) is 9.55. The van der Waals surface area contributed by atoms with Crippen molar-refractivity contribution in [3.8, 4) is 0 Å². The van der Waals surface area contributed by atoms with Crippen molar-refractivity contribution in [2.45, 2.75) is 38.1 Å². The molecule has 0 atom stereocenters. The van der Waals surface area contributed by atoms with Crippen LogP contribution >= 0.6 is 11.3 Å². The zero-order valence-corrected chi connectivity index (χ0v) is 13.0. The molecule has 0 bridgehead atoms. The van der Waals surface area contributed by atoms with Crippen LogP contribution in [0.1, 0.15) is 42.3 Å². The highest BCUT2D eigenvalue weighted by atomic mass is 32.1. The third kappa shape index (κ3) is 3.27. The van der Waals surface area contributed by atoms with Crippen LogP contribution in [-0.2, 0) is 11.3 Å². The Labute approximate surface area is 133 Å². The first-order valence-electron chi connectivity index (χ1n) is 7.73. The molecule has 0 spiro atoms. The number of pyridine rings is 1. The smallest absolute Gasteiger partial charge is 0.228 e. The van der Waals surface area contributed by atoms with Crippen LogP contribution in [0.15, 0.2) is 23.7 Å². The Kier molecular flexibility index (Phi) is 3.54. The van der Waals surface area contributed by atoms with Gasteiger partial charge in [0.25, 0.3) is 0 Å². The number of nitrogens with one attached hydrogen (secondary N) is 2. The van der Waals surface area contributed by atoms with E-state index in [1.807, 2.05) is 12.1 Å². The molecule has 2 N–H and O–H groups in total. The predicted molar refractivity (Wildman–Crippen MR) is 87.0 cm³/mol. The van der Waals surface area contributed by atoms with Gasteiger partial charge in [0.15, 0.2) is 0 Å². The van der Waals surface area contributed by atoms with E-state index in [0.717, 1.165) is 30.1 Å². The number of amides is 1. The Hall–Kier alpha value is -1.95. The summed E-state index contributed by atoms with van der Waals surface area (Å²) in [4.78, 5) is 20.6. The molecule has 2 aliphatic rings. The molecule has 4 rings (SSSR count).